The lowest BCUT2D eigenvalue weighted by atomic mass is 10.2. The molecule has 1 saturated heterocycles. The van der Waals surface area contributed by atoms with Crippen molar-refractivity contribution in [3.8, 4) is 0 Å². The summed E-state index contributed by atoms with van der Waals surface area (Å²) in [6.07, 6.45) is 5.91. The van der Waals surface area contributed by atoms with Crippen molar-refractivity contribution in [2.75, 3.05) is 13.1 Å². The second-order valence-electron chi connectivity index (χ2n) is 5.11. The van der Waals surface area contributed by atoms with Crippen LogP contribution in [0.4, 0.5) is 0 Å². The topological polar surface area (TPSA) is 33.1 Å². The maximum Gasteiger partial charge on any atom is 0.0663 e. The predicted molar refractivity (Wildman–Crippen MR) is 70.7 cm³/mol. The first kappa shape index (κ1) is 11.7. The molecule has 0 radical (unpaired) electrons. The number of nitrogens with one attached hydrogen (secondary N) is 1. The van der Waals surface area contributed by atoms with Crippen LogP contribution in [0.25, 0.3) is 0 Å². The van der Waals surface area contributed by atoms with Crippen molar-refractivity contribution < 1.29 is 0 Å². The van der Waals surface area contributed by atoms with E-state index in [0.717, 1.165) is 23.6 Å². The SMILES string of the molecule is Cn1ncc(Br)c1CN(C1CC1)C1CCNC1. The van der Waals surface area contributed by atoms with E-state index in [0.29, 0.717) is 6.04 Å². The number of aryl methyl sites for hydroxylation is 1. The van der Waals surface area contributed by atoms with Gasteiger partial charge in [-0.2, -0.15) is 5.10 Å². The van der Waals surface area contributed by atoms with Gasteiger partial charge in [-0.05, 0) is 41.7 Å². The average molecular weight is 299 g/mol. The first-order valence-electron chi connectivity index (χ1n) is 6.38. The fraction of sp³-hybridized carbons (Fsp3) is 0.750. The Balaban J connectivity index is 1.76. The van der Waals surface area contributed by atoms with Crippen LogP contribution in [-0.2, 0) is 13.6 Å². The summed E-state index contributed by atoms with van der Waals surface area (Å²) in [6.45, 7) is 3.33. The van der Waals surface area contributed by atoms with Crippen LogP contribution in [0.1, 0.15) is 25.0 Å². The monoisotopic (exact) mass is 298 g/mol. The summed E-state index contributed by atoms with van der Waals surface area (Å²) in [5.41, 5.74) is 1.30. The molecule has 1 aliphatic heterocycles. The fourth-order valence-corrected chi connectivity index (χ4v) is 3.15. The number of rotatable bonds is 4. The van der Waals surface area contributed by atoms with Crippen molar-refractivity contribution in [3.05, 3.63) is 16.4 Å². The van der Waals surface area contributed by atoms with E-state index >= 15 is 0 Å². The Morgan fingerprint density at radius 2 is 2.29 bits per heavy atom. The van der Waals surface area contributed by atoms with Gasteiger partial charge in [-0.1, -0.05) is 0 Å². The van der Waals surface area contributed by atoms with Crippen LogP contribution in [0.2, 0.25) is 0 Å². The normalized spacial score (nSPS) is 24.8. The Morgan fingerprint density at radius 3 is 2.82 bits per heavy atom. The molecule has 1 aliphatic carbocycles. The second-order valence-corrected chi connectivity index (χ2v) is 5.97. The minimum Gasteiger partial charge on any atom is -0.315 e. The zero-order valence-corrected chi connectivity index (χ0v) is 11.8. The summed E-state index contributed by atoms with van der Waals surface area (Å²) in [7, 11) is 2.03. The highest BCUT2D eigenvalue weighted by Crippen LogP contribution is 2.32. The zero-order chi connectivity index (χ0) is 11.8. The van der Waals surface area contributed by atoms with Crippen molar-refractivity contribution in [2.45, 2.75) is 37.9 Å². The molecule has 5 heteroatoms. The van der Waals surface area contributed by atoms with Gasteiger partial charge in [0.2, 0.25) is 0 Å². The van der Waals surface area contributed by atoms with E-state index in [1.54, 1.807) is 0 Å². The lowest BCUT2D eigenvalue weighted by molar-refractivity contribution is 0.183. The van der Waals surface area contributed by atoms with Crippen molar-refractivity contribution >= 4 is 15.9 Å². The maximum atomic E-state index is 4.30. The quantitative estimate of drug-likeness (QED) is 0.915. The molecule has 0 aromatic carbocycles. The van der Waals surface area contributed by atoms with Gasteiger partial charge in [-0.15, -0.1) is 0 Å². The van der Waals surface area contributed by atoms with Crippen molar-refractivity contribution in [2.24, 2.45) is 7.05 Å². The number of halogens is 1. The summed E-state index contributed by atoms with van der Waals surface area (Å²) >= 11 is 3.60. The van der Waals surface area contributed by atoms with Crippen LogP contribution in [0.3, 0.4) is 0 Å². The fourth-order valence-electron chi connectivity index (χ4n) is 2.67. The van der Waals surface area contributed by atoms with Gasteiger partial charge in [0.1, 0.15) is 0 Å². The first-order chi connectivity index (χ1) is 8.25. The molecule has 1 N–H and O–H groups in total. The van der Waals surface area contributed by atoms with Crippen LogP contribution in [0.15, 0.2) is 10.7 Å². The molecular weight excluding hydrogens is 280 g/mol. The molecule has 1 aromatic rings. The van der Waals surface area contributed by atoms with Gasteiger partial charge in [-0.3, -0.25) is 9.58 Å². The summed E-state index contributed by atoms with van der Waals surface area (Å²) in [5.74, 6) is 0. The minimum atomic E-state index is 0.712. The molecule has 1 aromatic heterocycles. The van der Waals surface area contributed by atoms with Gasteiger partial charge in [0.05, 0.1) is 16.4 Å². The molecule has 2 fully saturated rings. The minimum absolute atomic E-state index is 0.712. The molecule has 1 saturated carbocycles. The first-order valence-corrected chi connectivity index (χ1v) is 7.18. The third-order valence-electron chi connectivity index (χ3n) is 3.86. The van der Waals surface area contributed by atoms with Gasteiger partial charge < -0.3 is 5.32 Å². The number of hydrogen-bond donors (Lipinski definition) is 1. The van der Waals surface area contributed by atoms with Crippen LogP contribution in [-0.4, -0.2) is 39.9 Å². The largest absolute Gasteiger partial charge is 0.315 e. The van der Waals surface area contributed by atoms with E-state index in [9.17, 15) is 0 Å². The second kappa shape index (κ2) is 4.71. The molecule has 2 aliphatic rings. The summed E-state index contributed by atoms with van der Waals surface area (Å²) < 4.78 is 3.12. The third kappa shape index (κ3) is 2.41. The molecule has 4 nitrogen and oxygen atoms in total. The highest BCUT2D eigenvalue weighted by Gasteiger charge is 2.35. The van der Waals surface area contributed by atoms with Crippen molar-refractivity contribution in [1.29, 1.82) is 0 Å². The highest BCUT2D eigenvalue weighted by molar-refractivity contribution is 9.10. The third-order valence-corrected chi connectivity index (χ3v) is 4.52. The Morgan fingerprint density at radius 1 is 1.47 bits per heavy atom. The van der Waals surface area contributed by atoms with Gasteiger partial charge in [0, 0.05) is 32.2 Å². The Labute approximate surface area is 110 Å². The molecule has 1 unspecified atom stereocenters. The van der Waals surface area contributed by atoms with E-state index in [2.05, 4.69) is 31.2 Å². The van der Waals surface area contributed by atoms with Gasteiger partial charge in [-0.25, -0.2) is 0 Å². The van der Waals surface area contributed by atoms with E-state index in [-0.39, 0.29) is 0 Å². The molecule has 3 rings (SSSR count). The van der Waals surface area contributed by atoms with Gasteiger partial charge >= 0.3 is 0 Å². The van der Waals surface area contributed by atoms with Crippen LogP contribution in [0.5, 0.6) is 0 Å². The Bertz CT molecular complexity index is 374. The standard InChI is InChI=1S/C12H19BrN4/c1-16-12(11(13)7-15-16)8-17(9-2-3-9)10-4-5-14-6-10/h7,9-10,14H,2-6,8H2,1H3. The highest BCUT2D eigenvalue weighted by atomic mass is 79.9. The lowest BCUT2D eigenvalue weighted by Crippen LogP contribution is -2.38. The van der Waals surface area contributed by atoms with Crippen LogP contribution in [0, 0.1) is 0 Å². The average Bonchev–Trinajstić information content (AvgIpc) is 2.91. The Kier molecular flexibility index (Phi) is 3.23. The van der Waals surface area contributed by atoms with Gasteiger partial charge in [0.15, 0.2) is 0 Å². The Hall–Kier alpha value is -0.390. The molecule has 0 amide bonds. The van der Waals surface area contributed by atoms with E-state index in [4.69, 9.17) is 0 Å². The van der Waals surface area contributed by atoms with Crippen molar-refractivity contribution in [1.82, 2.24) is 20.0 Å². The van der Waals surface area contributed by atoms with Crippen molar-refractivity contribution in [3.63, 3.8) is 0 Å². The number of hydrogen-bond acceptors (Lipinski definition) is 3. The summed E-state index contributed by atoms with van der Waals surface area (Å²) in [4.78, 5) is 2.67. The molecular formula is C12H19BrN4. The lowest BCUT2D eigenvalue weighted by Gasteiger charge is -2.28. The van der Waals surface area contributed by atoms with E-state index in [1.165, 1.54) is 31.5 Å². The maximum absolute atomic E-state index is 4.30. The van der Waals surface area contributed by atoms with Gasteiger partial charge in [0.25, 0.3) is 0 Å². The van der Waals surface area contributed by atoms with Crippen LogP contribution >= 0.6 is 15.9 Å². The number of nitrogens with zero attached hydrogens (tertiary/aromatic N) is 3. The molecule has 2 heterocycles. The molecule has 0 bridgehead atoms. The zero-order valence-electron chi connectivity index (χ0n) is 10.2. The summed E-state index contributed by atoms with van der Waals surface area (Å²) in [6, 6.07) is 1.52. The predicted octanol–water partition coefficient (Wildman–Crippen LogP) is 1.51. The molecule has 1 atom stereocenters. The molecule has 94 valence electrons. The van der Waals surface area contributed by atoms with Crippen LogP contribution < -0.4 is 5.32 Å². The summed E-state index contributed by atoms with van der Waals surface area (Å²) in [5, 5.41) is 7.77. The molecule has 17 heavy (non-hydrogen) atoms. The van der Waals surface area contributed by atoms with E-state index in [1.807, 2.05) is 17.9 Å². The smallest absolute Gasteiger partial charge is 0.0663 e. The molecule has 0 spiro atoms. The number of aromatic nitrogens is 2. The van der Waals surface area contributed by atoms with E-state index < -0.39 is 0 Å².